The summed E-state index contributed by atoms with van der Waals surface area (Å²) in [5, 5.41) is 4.12. The highest BCUT2D eigenvalue weighted by molar-refractivity contribution is 6.08. The molecule has 1 heterocycles. The summed E-state index contributed by atoms with van der Waals surface area (Å²) in [6.07, 6.45) is 2.16. The molecule has 0 aromatic heterocycles. The predicted molar refractivity (Wildman–Crippen MR) is 114 cm³/mol. The summed E-state index contributed by atoms with van der Waals surface area (Å²) in [7, 11) is 1.52. The zero-order valence-corrected chi connectivity index (χ0v) is 19.2. The third kappa shape index (κ3) is 5.23. The first-order valence-electron chi connectivity index (χ1n) is 11.0. The van der Waals surface area contributed by atoms with Crippen molar-refractivity contribution in [3.63, 3.8) is 0 Å². The summed E-state index contributed by atoms with van der Waals surface area (Å²) in [6, 6.07) is 0.818. The Bertz CT molecular complexity index is 1060. The van der Waals surface area contributed by atoms with Crippen LogP contribution in [0, 0.1) is 17.5 Å². The highest BCUT2D eigenvalue weighted by Crippen LogP contribution is 2.39. The fourth-order valence-electron chi connectivity index (χ4n) is 4.22. The number of benzene rings is 1. The molecule has 35 heavy (non-hydrogen) atoms. The predicted octanol–water partition coefficient (Wildman–Crippen LogP) is 1.69. The number of anilines is 1. The van der Waals surface area contributed by atoms with Crippen LogP contribution in [0.3, 0.4) is 0 Å². The van der Waals surface area contributed by atoms with Crippen molar-refractivity contribution in [1.29, 1.82) is 0 Å². The maximum atomic E-state index is 13.6. The van der Waals surface area contributed by atoms with Crippen molar-refractivity contribution in [1.82, 2.24) is 15.1 Å². The highest BCUT2D eigenvalue weighted by atomic mass is 19.2. The van der Waals surface area contributed by atoms with Gasteiger partial charge in [-0.15, -0.1) is 0 Å². The molecule has 1 aromatic rings. The molecule has 2 fully saturated rings. The minimum Gasteiger partial charge on any atom is -0.451 e. The third-order valence-corrected chi connectivity index (χ3v) is 6.18. The fourth-order valence-corrected chi connectivity index (χ4v) is 4.22. The fraction of sp³-hybridized carbons (Fsp3) is 0.500. The number of hydrogen-bond acceptors (Lipinski definition) is 6. The average molecular weight is 498 g/mol. The number of ether oxygens (including phenoxy) is 1. The molecule has 1 aliphatic carbocycles. The zero-order chi connectivity index (χ0) is 25.9. The molecule has 3 rings (SSSR count). The van der Waals surface area contributed by atoms with E-state index < -0.39 is 77.6 Å². The van der Waals surface area contributed by atoms with Crippen molar-refractivity contribution >= 4 is 35.4 Å². The van der Waals surface area contributed by atoms with Gasteiger partial charge in [-0.2, -0.15) is 0 Å². The quantitative estimate of drug-likeness (QED) is 0.335. The average Bonchev–Trinajstić information content (AvgIpc) is 2.99. The molecule has 1 spiro atoms. The van der Waals surface area contributed by atoms with Gasteiger partial charge in [0.05, 0.1) is 12.2 Å². The highest BCUT2D eigenvalue weighted by Gasteiger charge is 2.56. The topological polar surface area (TPSA) is 125 Å². The minimum absolute atomic E-state index is 0.472. The van der Waals surface area contributed by atoms with E-state index in [1.54, 1.807) is 0 Å². The lowest BCUT2D eigenvalue weighted by atomic mass is 9.81. The summed E-state index contributed by atoms with van der Waals surface area (Å²) in [5.41, 5.74) is -1.58. The molecule has 1 unspecified atom stereocenters. The number of halogens is 3. The summed E-state index contributed by atoms with van der Waals surface area (Å²) >= 11 is 0. The van der Waals surface area contributed by atoms with Gasteiger partial charge in [-0.1, -0.05) is 19.3 Å². The molecule has 5 amide bonds. The lowest BCUT2D eigenvalue weighted by molar-refractivity contribution is -0.156. The molecule has 0 radical (unpaired) electrons. The van der Waals surface area contributed by atoms with Gasteiger partial charge in [0.1, 0.15) is 12.1 Å². The van der Waals surface area contributed by atoms with Gasteiger partial charge >= 0.3 is 12.0 Å². The summed E-state index contributed by atoms with van der Waals surface area (Å²) in [6.45, 7) is -0.143. The van der Waals surface area contributed by atoms with Crippen molar-refractivity contribution in [3.05, 3.63) is 29.6 Å². The summed E-state index contributed by atoms with van der Waals surface area (Å²) in [5.74, 6) is -8.09. The van der Waals surface area contributed by atoms with Gasteiger partial charge < -0.3 is 20.3 Å². The van der Waals surface area contributed by atoms with E-state index in [2.05, 4.69) is 5.32 Å². The molecule has 10 nitrogen and oxygen atoms in total. The molecule has 1 saturated carbocycles. The van der Waals surface area contributed by atoms with Gasteiger partial charge in [-0.3, -0.25) is 24.1 Å². The Hall–Kier alpha value is -3.64. The van der Waals surface area contributed by atoms with E-state index in [1.165, 1.54) is 18.9 Å². The number of imide groups is 1. The molecule has 2 aliphatic rings. The van der Waals surface area contributed by atoms with Gasteiger partial charge in [0.15, 0.2) is 23.6 Å². The zero-order valence-electron chi connectivity index (χ0n) is 19.2. The maximum Gasteiger partial charge on any atom is 0.327 e. The number of hydrogen-bond donors (Lipinski definition) is 2. The Labute approximate surface area is 198 Å². The first-order chi connectivity index (χ1) is 16.5. The number of esters is 1. The van der Waals surface area contributed by atoms with E-state index in [9.17, 15) is 37.1 Å². The number of carbonyl (C=O) groups excluding carboxylic acids is 5. The van der Waals surface area contributed by atoms with Gasteiger partial charge in [-0.25, -0.2) is 18.0 Å². The smallest absolute Gasteiger partial charge is 0.327 e. The van der Waals surface area contributed by atoms with E-state index >= 15 is 0 Å². The van der Waals surface area contributed by atoms with Gasteiger partial charge in [0, 0.05) is 7.05 Å². The SMILES string of the molecule is CC(OC(=O)CN1C(=O)N(C)C2(CCCCC2)C1=O)C(=O)NCC(=O)Nc1ccc(F)c(F)c1F. The molecule has 1 saturated heterocycles. The van der Waals surface area contributed by atoms with Crippen LogP contribution in [0.4, 0.5) is 23.7 Å². The van der Waals surface area contributed by atoms with Crippen molar-refractivity contribution in [2.45, 2.75) is 50.7 Å². The Morgan fingerprint density at radius 1 is 1.09 bits per heavy atom. The van der Waals surface area contributed by atoms with Crippen LogP contribution in [0.25, 0.3) is 0 Å². The van der Waals surface area contributed by atoms with Gasteiger partial charge in [0.25, 0.3) is 11.8 Å². The Balaban J connectivity index is 1.49. The van der Waals surface area contributed by atoms with Crippen molar-refractivity contribution in [2.24, 2.45) is 0 Å². The number of likely N-dealkylation sites (N-methyl/N-ethyl adjacent to an activating group) is 1. The van der Waals surface area contributed by atoms with E-state index in [1.807, 2.05) is 5.32 Å². The van der Waals surface area contributed by atoms with Crippen molar-refractivity contribution < 1.29 is 41.9 Å². The van der Waals surface area contributed by atoms with Crippen LogP contribution in [0.15, 0.2) is 12.1 Å². The van der Waals surface area contributed by atoms with Crippen LogP contribution in [-0.2, 0) is 23.9 Å². The monoisotopic (exact) mass is 498 g/mol. The largest absolute Gasteiger partial charge is 0.451 e. The molecule has 1 aromatic carbocycles. The first kappa shape index (κ1) is 26.0. The summed E-state index contributed by atoms with van der Waals surface area (Å²) in [4.78, 5) is 64.0. The Morgan fingerprint density at radius 2 is 1.74 bits per heavy atom. The Kier molecular flexibility index (Phi) is 7.66. The van der Waals surface area contributed by atoms with E-state index in [0.717, 1.165) is 30.2 Å². The van der Waals surface area contributed by atoms with E-state index in [-0.39, 0.29) is 0 Å². The van der Waals surface area contributed by atoms with Crippen LogP contribution in [0.1, 0.15) is 39.0 Å². The Morgan fingerprint density at radius 3 is 2.40 bits per heavy atom. The molecular formula is C22H25F3N4O6. The van der Waals surface area contributed by atoms with Gasteiger partial charge in [-0.05, 0) is 31.9 Å². The second-order valence-electron chi connectivity index (χ2n) is 8.45. The molecule has 13 heteroatoms. The molecule has 2 N–H and O–H groups in total. The number of amides is 5. The molecule has 1 atom stereocenters. The van der Waals surface area contributed by atoms with Crippen LogP contribution >= 0.6 is 0 Å². The maximum absolute atomic E-state index is 13.6. The van der Waals surface area contributed by atoms with E-state index in [0.29, 0.717) is 18.9 Å². The van der Waals surface area contributed by atoms with Crippen molar-refractivity contribution in [2.75, 3.05) is 25.5 Å². The molecule has 190 valence electrons. The van der Waals surface area contributed by atoms with Crippen molar-refractivity contribution in [3.8, 4) is 0 Å². The van der Waals surface area contributed by atoms with Crippen LogP contribution in [0.5, 0.6) is 0 Å². The number of nitrogens with one attached hydrogen (secondary N) is 2. The number of rotatable bonds is 7. The summed E-state index contributed by atoms with van der Waals surface area (Å²) < 4.78 is 44.8. The second kappa shape index (κ2) is 10.3. The standard InChI is InChI=1S/C22H25F3N4O6/c1-12(19(32)26-10-15(30)27-14-7-6-13(23)17(24)18(14)25)35-16(31)11-29-20(33)22(28(2)21(29)34)8-4-3-5-9-22/h6-7,12H,3-5,8-11H2,1-2H3,(H,26,32)(H,27,30). The van der Waals surface area contributed by atoms with Gasteiger partial charge in [0.2, 0.25) is 5.91 Å². The lowest BCUT2D eigenvalue weighted by Gasteiger charge is -2.35. The molecule has 1 aliphatic heterocycles. The van der Waals surface area contributed by atoms with Crippen LogP contribution in [-0.4, -0.2) is 71.3 Å². The number of nitrogens with zero attached hydrogens (tertiary/aromatic N) is 2. The lowest BCUT2D eigenvalue weighted by Crippen LogP contribution is -2.49. The molecular weight excluding hydrogens is 473 g/mol. The minimum atomic E-state index is -1.76. The van der Waals surface area contributed by atoms with Crippen LogP contribution in [0.2, 0.25) is 0 Å². The van der Waals surface area contributed by atoms with Crippen LogP contribution < -0.4 is 10.6 Å². The normalized spacial score (nSPS) is 18.0. The van der Waals surface area contributed by atoms with E-state index in [4.69, 9.17) is 4.74 Å². The third-order valence-electron chi connectivity index (χ3n) is 6.18. The molecule has 0 bridgehead atoms. The second-order valence-corrected chi connectivity index (χ2v) is 8.45. The number of carbonyl (C=O) groups is 5. The number of urea groups is 1. The first-order valence-corrected chi connectivity index (χ1v) is 11.0.